The number of carbonyl (C=O) groups excluding carboxylic acids is 2. The monoisotopic (exact) mass is 206 g/mol. The van der Waals surface area contributed by atoms with Crippen molar-refractivity contribution < 1.29 is 14.3 Å². The first-order valence-electron chi connectivity index (χ1n) is 3.87. The quantitative estimate of drug-likeness (QED) is 0.477. The minimum atomic E-state index is -0.613. The van der Waals surface area contributed by atoms with Gasteiger partial charge in [0.05, 0.1) is 13.2 Å². The highest BCUT2D eigenvalue weighted by atomic mass is 31.0. The second kappa shape index (κ2) is 5.89. The Morgan fingerprint density at radius 3 is 2.23 bits per heavy atom. The summed E-state index contributed by atoms with van der Waals surface area (Å²) in [7, 11) is 3.51. The van der Waals surface area contributed by atoms with Crippen LogP contribution in [-0.2, 0) is 14.3 Å². The second-order valence-electron chi connectivity index (χ2n) is 2.64. The molecule has 1 amide bonds. The van der Waals surface area contributed by atoms with Crippen LogP contribution in [0.1, 0.15) is 13.8 Å². The van der Waals surface area contributed by atoms with Crippen molar-refractivity contribution in [3.8, 4) is 0 Å². The summed E-state index contributed by atoms with van der Waals surface area (Å²) in [6, 6.07) is -0.963. The number of esters is 1. The molecule has 0 saturated heterocycles. The van der Waals surface area contributed by atoms with Crippen LogP contribution in [0, 0.1) is 0 Å². The molecule has 0 radical (unpaired) electrons. The van der Waals surface area contributed by atoms with Crippen LogP contribution < -0.4 is 10.4 Å². The van der Waals surface area contributed by atoms with E-state index in [-0.39, 0.29) is 11.9 Å². The molecule has 0 aliphatic rings. The molecule has 0 bridgehead atoms. The summed E-state index contributed by atoms with van der Waals surface area (Å²) in [6.07, 6.45) is 0. The summed E-state index contributed by atoms with van der Waals surface area (Å²) in [5.74, 6) is -0.697. The lowest BCUT2D eigenvalue weighted by atomic mass is 10.3. The zero-order valence-electron chi connectivity index (χ0n) is 7.96. The summed E-state index contributed by atoms with van der Waals surface area (Å²) in [5.41, 5.74) is 0. The SMILES string of the molecule is COC(=O)C(C)NC(=O)C(C)NP. The lowest BCUT2D eigenvalue weighted by Crippen LogP contribution is -2.46. The molecule has 0 aromatic heterocycles. The Morgan fingerprint density at radius 1 is 1.31 bits per heavy atom. The number of rotatable bonds is 4. The molecule has 0 saturated carbocycles. The number of ether oxygens (including phenoxy) is 1. The Hall–Kier alpha value is -0.670. The van der Waals surface area contributed by atoms with Crippen molar-refractivity contribution in [3.05, 3.63) is 0 Å². The first-order chi connectivity index (χ1) is 6.02. The molecule has 6 heteroatoms. The van der Waals surface area contributed by atoms with Gasteiger partial charge in [-0.2, -0.15) is 0 Å². The van der Waals surface area contributed by atoms with E-state index in [0.717, 1.165) is 0 Å². The van der Waals surface area contributed by atoms with Gasteiger partial charge in [-0.15, -0.1) is 0 Å². The molecule has 0 heterocycles. The molecule has 3 atom stereocenters. The fraction of sp³-hybridized carbons (Fsp3) is 0.714. The second-order valence-corrected chi connectivity index (χ2v) is 2.98. The number of amides is 1. The van der Waals surface area contributed by atoms with Crippen LogP contribution in [0.3, 0.4) is 0 Å². The van der Waals surface area contributed by atoms with Crippen LogP contribution in [0.5, 0.6) is 0 Å². The van der Waals surface area contributed by atoms with Crippen molar-refractivity contribution in [2.45, 2.75) is 25.9 Å². The zero-order chi connectivity index (χ0) is 10.4. The van der Waals surface area contributed by atoms with E-state index >= 15 is 0 Å². The third-order valence-corrected chi connectivity index (χ3v) is 2.06. The highest BCUT2D eigenvalue weighted by Crippen LogP contribution is 1.90. The van der Waals surface area contributed by atoms with Crippen LogP contribution in [0.4, 0.5) is 0 Å². The van der Waals surface area contributed by atoms with Crippen LogP contribution in [0.25, 0.3) is 0 Å². The molecule has 0 aliphatic carbocycles. The topological polar surface area (TPSA) is 67.4 Å². The van der Waals surface area contributed by atoms with E-state index in [1.165, 1.54) is 7.11 Å². The molecule has 0 fully saturated rings. The largest absolute Gasteiger partial charge is 0.467 e. The minimum absolute atomic E-state index is 0.243. The fourth-order valence-electron chi connectivity index (χ4n) is 0.650. The lowest BCUT2D eigenvalue weighted by Gasteiger charge is -2.14. The molecule has 0 aliphatic heterocycles. The van der Waals surface area contributed by atoms with Crippen LogP contribution in [-0.4, -0.2) is 31.1 Å². The van der Waals surface area contributed by atoms with E-state index in [2.05, 4.69) is 24.5 Å². The maximum atomic E-state index is 11.2. The standard InChI is InChI=1S/C7H15N2O3P/c1-4(9-13)6(10)8-5(2)7(11)12-3/h4-5,9H,13H2,1-3H3,(H,8,10). The molecule has 0 rings (SSSR count). The Balaban J connectivity index is 3.98. The number of methoxy groups -OCH3 is 1. The van der Waals surface area contributed by atoms with Gasteiger partial charge in [-0.3, -0.25) is 9.88 Å². The fourth-order valence-corrected chi connectivity index (χ4v) is 0.801. The van der Waals surface area contributed by atoms with Gasteiger partial charge in [0.15, 0.2) is 0 Å². The van der Waals surface area contributed by atoms with E-state index in [0.29, 0.717) is 0 Å². The Morgan fingerprint density at radius 2 is 1.85 bits per heavy atom. The zero-order valence-corrected chi connectivity index (χ0v) is 9.11. The predicted octanol–water partition coefficient (Wildman–Crippen LogP) is -0.568. The maximum absolute atomic E-state index is 11.2. The van der Waals surface area contributed by atoms with E-state index in [4.69, 9.17) is 0 Å². The average Bonchev–Trinajstić information content (AvgIpc) is 2.14. The summed E-state index contributed by atoms with van der Waals surface area (Å²) in [4.78, 5) is 22.1. The molecular formula is C7H15N2O3P. The van der Waals surface area contributed by atoms with E-state index in [9.17, 15) is 9.59 Å². The number of nitrogens with one attached hydrogen (secondary N) is 2. The highest BCUT2D eigenvalue weighted by molar-refractivity contribution is 7.13. The lowest BCUT2D eigenvalue weighted by molar-refractivity contribution is -0.144. The van der Waals surface area contributed by atoms with Crippen molar-refractivity contribution in [2.24, 2.45) is 0 Å². The van der Waals surface area contributed by atoms with E-state index in [1.54, 1.807) is 13.8 Å². The maximum Gasteiger partial charge on any atom is 0.328 e. The van der Waals surface area contributed by atoms with Crippen molar-refractivity contribution in [1.82, 2.24) is 10.4 Å². The number of hydrogen-bond donors (Lipinski definition) is 2. The van der Waals surface area contributed by atoms with Crippen molar-refractivity contribution >= 4 is 21.3 Å². The van der Waals surface area contributed by atoms with Gasteiger partial charge in [0.1, 0.15) is 6.04 Å². The van der Waals surface area contributed by atoms with Crippen molar-refractivity contribution in [3.63, 3.8) is 0 Å². The summed E-state index contributed by atoms with van der Waals surface area (Å²) in [5, 5.41) is 5.17. The van der Waals surface area contributed by atoms with Gasteiger partial charge in [-0.1, -0.05) is 9.39 Å². The van der Waals surface area contributed by atoms with Gasteiger partial charge in [-0.25, -0.2) is 4.79 Å². The van der Waals surface area contributed by atoms with Gasteiger partial charge in [0.2, 0.25) is 5.91 Å². The molecule has 3 unspecified atom stereocenters. The number of hydrogen-bond acceptors (Lipinski definition) is 4. The van der Waals surface area contributed by atoms with Gasteiger partial charge < -0.3 is 10.1 Å². The van der Waals surface area contributed by atoms with Crippen molar-refractivity contribution in [2.75, 3.05) is 7.11 Å². The smallest absolute Gasteiger partial charge is 0.328 e. The molecule has 13 heavy (non-hydrogen) atoms. The first-order valence-corrected chi connectivity index (χ1v) is 4.45. The van der Waals surface area contributed by atoms with Crippen LogP contribution in [0.15, 0.2) is 0 Å². The van der Waals surface area contributed by atoms with Crippen LogP contribution >= 0.6 is 9.39 Å². The first kappa shape index (κ1) is 12.3. The molecule has 2 N–H and O–H groups in total. The average molecular weight is 206 g/mol. The van der Waals surface area contributed by atoms with E-state index < -0.39 is 12.0 Å². The summed E-state index contributed by atoms with van der Waals surface area (Å²) in [6.45, 7) is 3.26. The Kier molecular flexibility index (Phi) is 5.58. The summed E-state index contributed by atoms with van der Waals surface area (Å²) >= 11 is 0. The summed E-state index contributed by atoms with van der Waals surface area (Å²) < 4.78 is 4.45. The Bertz CT molecular complexity index is 198. The van der Waals surface area contributed by atoms with Gasteiger partial charge >= 0.3 is 5.97 Å². The van der Waals surface area contributed by atoms with E-state index in [1.807, 2.05) is 0 Å². The Labute approximate surface area is 79.9 Å². The molecule has 0 spiro atoms. The molecular weight excluding hydrogens is 191 g/mol. The minimum Gasteiger partial charge on any atom is -0.467 e. The third kappa shape index (κ3) is 4.20. The van der Waals surface area contributed by atoms with Crippen LogP contribution in [0.2, 0.25) is 0 Å². The van der Waals surface area contributed by atoms with Crippen molar-refractivity contribution in [1.29, 1.82) is 0 Å². The molecule has 0 aromatic carbocycles. The van der Waals surface area contributed by atoms with Gasteiger partial charge in [0.25, 0.3) is 0 Å². The normalized spacial score (nSPS) is 14.5. The van der Waals surface area contributed by atoms with Gasteiger partial charge in [0, 0.05) is 0 Å². The molecule has 0 aromatic rings. The number of carbonyl (C=O) groups is 2. The van der Waals surface area contributed by atoms with Gasteiger partial charge in [-0.05, 0) is 13.8 Å². The predicted molar refractivity (Wildman–Crippen MR) is 51.9 cm³/mol. The third-order valence-electron chi connectivity index (χ3n) is 1.56. The molecule has 76 valence electrons. The highest BCUT2D eigenvalue weighted by Gasteiger charge is 2.18. The molecule has 5 nitrogen and oxygen atoms in total.